The van der Waals surface area contributed by atoms with Crippen molar-refractivity contribution in [1.82, 2.24) is 0 Å². The van der Waals surface area contributed by atoms with E-state index in [0.29, 0.717) is 12.1 Å². The molecule has 0 aliphatic rings. The Hall–Kier alpha value is -1.54. The van der Waals surface area contributed by atoms with E-state index in [0.717, 1.165) is 6.92 Å². The van der Waals surface area contributed by atoms with Crippen molar-refractivity contribution in [3.8, 4) is 6.07 Å². The van der Waals surface area contributed by atoms with Crippen LogP contribution in [0.15, 0.2) is 12.1 Å². The molecule has 1 aromatic rings. The SMILES string of the molecule is C[C@@](N)(C#N)c1c(F)cc(F)cc1F. The molecule has 0 saturated heterocycles. The van der Waals surface area contributed by atoms with Gasteiger partial charge in [0.05, 0.1) is 11.6 Å². The normalized spacial score (nSPS) is 14.6. The fraction of sp³-hybridized carbons (Fsp3) is 0.222. The maximum Gasteiger partial charge on any atom is 0.135 e. The highest BCUT2D eigenvalue weighted by Crippen LogP contribution is 2.24. The first-order valence-electron chi connectivity index (χ1n) is 3.73. The van der Waals surface area contributed by atoms with Gasteiger partial charge in [0.25, 0.3) is 0 Å². The van der Waals surface area contributed by atoms with E-state index in [4.69, 9.17) is 11.0 Å². The Kier molecular flexibility index (Phi) is 2.49. The Morgan fingerprint density at radius 3 is 2.07 bits per heavy atom. The molecule has 0 aliphatic carbocycles. The summed E-state index contributed by atoms with van der Waals surface area (Å²) in [5, 5.41) is 8.56. The fourth-order valence-electron chi connectivity index (χ4n) is 1.09. The Bertz CT molecular complexity index is 384. The number of nitrogens with two attached hydrogens (primary N) is 1. The largest absolute Gasteiger partial charge is 0.310 e. The standard InChI is InChI=1S/C9H7F3N2/c1-9(14,4-13)8-6(11)2-5(10)3-7(8)12/h2-3H,14H2,1H3/t9-/m1/s1. The molecule has 74 valence electrons. The molecule has 0 unspecified atom stereocenters. The van der Waals surface area contributed by atoms with Crippen LogP contribution in [0.3, 0.4) is 0 Å². The highest BCUT2D eigenvalue weighted by Gasteiger charge is 2.28. The number of nitriles is 1. The number of hydrogen-bond acceptors (Lipinski definition) is 2. The van der Waals surface area contributed by atoms with Crippen molar-refractivity contribution in [2.75, 3.05) is 0 Å². The van der Waals surface area contributed by atoms with E-state index in [9.17, 15) is 13.2 Å². The quantitative estimate of drug-likeness (QED) is 0.751. The van der Waals surface area contributed by atoms with Gasteiger partial charge in [-0.05, 0) is 6.92 Å². The predicted molar refractivity (Wildman–Crippen MR) is 43.5 cm³/mol. The third-order valence-electron chi connectivity index (χ3n) is 1.76. The monoisotopic (exact) mass is 200 g/mol. The summed E-state index contributed by atoms with van der Waals surface area (Å²) < 4.78 is 38.7. The lowest BCUT2D eigenvalue weighted by molar-refractivity contribution is 0.481. The van der Waals surface area contributed by atoms with Crippen molar-refractivity contribution in [2.24, 2.45) is 5.73 Å². The van der Waals surface area contributed by atoms with Crippen LogP contribution in [0, 0.1) is 28.8 Å². The molecule has 2 nitrogen and oxygen atoms in total. The molecule has 0 radical (unpaired) electrons. The second kappa shape index (κ2) is 3.31. The lowest BCUT2D eigenvalue weighted by Gasteiger charge is -2.17. The Morgan fingerprint density at radius 2 is 1.71 bits per heavy atom. The van der Waals surface area contributed by atoms with E-state index in [1.165, 1.54) is 6.07 Å². The van der Waals surface area contributed by atoms with Gasteiger partial charge in [-0.3, -0.25) is 0 Å². The molecule has 14 heavy (non-hydrogen) atoms. The van der Waals surface area contributed by atoms with E-state index in [2.05, 4.69) is 0 Å². The summed E-state index contributed by atoms with van der Waals surface area (Å²) >= 11 is 0. The van der Waals surface area contributed by atoms with Crippen LogP contribution in [-0.4, -0.2) is 0 Å². The second-order valence-corrected chi connectivity index (χ2v) is 3.06. The first kappa shape index (κ1) is 10.5. The van der Waals surface area contributed by atoms with Crippen LogP contribution in [0.25, 0.3) is 0 Å². The first-order chi connectivity index (χ1) is 6.38. The Morgan fingerprint density at radius 1 is 1.29 bits per heavy atom. The van der Waals surface area contributed by atoms with Gasteiger partial charge in [0, 0.05) is 12.1 Å². The summed E-state index contributed by atoms with van der Waals surface area (Å²) in [6.45, 7) is 1.15. The molecule has 2 N–H and O–H groups in total. The minimum atomic E-state index is -1.80. The Labute approximate surface area is 78.8 Å². The van der Waals surface area contributed by atoms with Crippen molar-refractivity contribution in [2.45, 2.75) is 12.5 Å². The third kappa shape index (κ3) is 1.70. The first-order valence-corrected chi connectivity index (χ1v) is 3.73. The lowest BCUT2D eigenvalue weighted by Crippen LogP contribution is -2.33. The molecule has 0 bridgehead atoms. The molecule has 1 rings (SSSR count). The average molecular weight is 200 g/mol. The van der Waals surface area contributed by atoms with Crippen molar-refractivity contribution in [3.05, 3.63) is 35.1 Å². The maximum absolute atomic E-state index is 13.1. The number of hydrogen-bond donors (Lipinski definition) is 1. The van der Waals surface area contributed by atoms with Crippen LogP contribution < -0.4 is 5.73 Å². The van der Waals surface area contributed by atoms with Gasteiger partial charge in [0.2, 0.25) is 0 Å². The van der Waals surface area contributed by atoms with E-state index in [1.54, 1.807) is 0 Å². The van der Waals surface area contributed by atoms with Crippen molar-refractivity contribution < 1.29 is 13.2 Å². The van der Waals surface area contributed by atoms with Gasteiger partial charge < -0.3 is 5.73 Å². The summed E-state index contributed by atoms with van der Waals surface area (Å²) in [6, 6.07) is 2.51. The molecule has 0 amide bonds. The molecule has 0 heterocycles. The molecule has 5 heteroatoms. The van der Waals surface area contributed by atoms with E-state index in [-0.39, 0.29) is 0 Å². The van der Waals surface area contributed by atoms with Gasteiger partial charge in [-0.25, -0.2) is 13.2 Å². The number of rotatable bonds is 1. The summed E-state index contributed by atoms with van der Waals surface area (Å²) in [4.78, 5) is 0. The van der Waals surface area contributed by atoms with Crippen LogP contribution in [0.5, 0.6) is 0 Å². The molecule has 1 aromatic carbocycles. The van der Waals surface area contributed by atoms with Gasteiger partial charge in [-0.2, -0.15) is 5.26 Å². The van der Waals surface area contributed by atoms with Gasteiger partial charge in [-0.15, -0.1) is 0 Å². The summed E-state index contributed by atoms with van der Waals surface area (Å²) in [6.07, 6.45) is 0. The topological polar surface area (TPSA) is 49.8 Å². The van der Waals surface area contributed by atoms with Crippen molar-refractivity contribution in [1.29, 1.82) is 5.26 Å². The van der Waals surface area contributed by atoms with Gasteiger partial charge in [-0.1, -0.05) is 0 Å². The predicted octanol–water partition coefficient (Wildman–Crippen LogP) is 1.80. The highest BCUT2D eigenvalue weighted by molar-refractivity contribution is 5.32. The molecule has 0 saturated carbocycles. The minimum Gasteiger partial charge on any atom is -0.310 e. The van der Waals surface area contributed by atoms with E-state index < -0.39 is 28.6 Å². The molecule has 1 atom stereocenters. The molecule has 0 aliphatic heterocycles. The van der Waals surface area contributed by atoms with E-state index in [1.807, 2.05) is 0 Å². The third-order valence-corrected chi connectivity index (χ3v) is 1.76. The molecular formula is C9H7F3N2. The van der Waals surface area contributed by atoms with Gasteiger partial charge in [0.15, 0.2) is 0 Å². The highest BCUT2D eigenvalue weighted by atomic mass is 19.1. The number of benzene rings is 1. The van der Waals surface area contributed by atoms with Crippen LogP contribution in [-0.2, 0) is 5.54 Å². The van der Waals surface area contributed by atoms with Crippen LogP contribution >= 0.6 is 0 Å². The zero-order chi connectivity index (χ0) is 10.9. The summed E-state index contributed by atoms with van der Waals surface area (Å²) in [5.74, 6) is -3.36. The van der Waals surface area contributed by atoms with Gasteiger partial charge >= 0.3 is 0 Å². The molecule has 0 fully saturated rings. The minimum absolute atomic E-state index is 0.487. The number of halogens is 3. The molecule has 0 spiro atoms. The zero-order valence-electron chi connectivity index (χ0n) is 7.31. The van der Waals surface area contributed by atoms with Crippen LogP contribution in [0.4, 0.5) is 13.2 Å². The van der Waals surface area contributed by atoms with Crippen molar-refractivity contribution >= 4 is 0 Å². The lowest BCUT2D eigenvalue weighted by atomic mass is 9.94. The zero-order valence-corrected chi connectivity index (χ0v) is 7.31. The van der Waals surface area contributed by atoms with Crippen LogP contribution in [0.1, 0.15) is 12.5 Å². The van der Waals surface area contributed by atoms with E-state index >= 15 is 0 Å². The summed E-state index contributed by atoms with van der Waals surface area (Å²) in [7, 11) is 0. The fourth-order valence-corrected chi connectivity index (χ4v) is 1.09. The smallest absolute Gasteiger partial charge is 0.135 e. The number of nitrogens with zero attached hydrogens (tertiary/aromatic N) is 1. The van der Waals surface area contributed by atoms with Crippen LogP contribution in [0.2, 0.25) is 0 Å². The Balaban J connectivity index is 3.44. The van der Waals surface area contributed by atoms with Gasteiger partial charge in [0.1, 0.15) is 23.0 Å². The summed E-state index contributed by atoms with van der Waals surface area (Å²) in [5.41, 5.74) is 2.90. The molecular weight excluding hydrogens is 193 g/mol. The molecule has 0 aromatic heterocycles. The average Bonchev–Trinajstić information content (AvgIpc) is 2.01. The second-order valence-electron chi connectivity index (χ2n) is 3.06. The van der Waals surface area contributed by atoms with Crippen molar-refractivity contribution in [3.63, 3.8) is 0 Å². The maximum atomic E-state index is 13.1.